The monoisotopic (exact) mass is 201 g/mol. The van der Waals surface area contributed by atoms with Crippen molar-refractivity contribution in [2.45, 2.75) is 19.3 Å². The van der Waals surface area contributed by atoms with Gasteiger partial charge in [0.15, 0.2) is 0 Å². The van der Waals surface area contributed by atoms with E-state index < -0.39 is 0 Å². The normalized spacial score (nSPS) is 17.7. The van der Waals surface area contributed by atoms with E-state index in [1.165, 1.54) is 12.8 Å². The average Bonchev–Trinajstić information content (AvgIpc) is 2.62. The highest BCUT2D eigenvalue weighted by Crippen LogP contribution is 2.33. The molecule has 2 nitrogen and oxygen atoms in total. The number of aromatic nitrogens is 1. The molecular weight excluding hydrogens is 194 g/mol. The van der Waals surface area contributed by atoms with Crippen LogP contribution in [0.1, 0.15) is 18.5 Å². The maximum Gasteiger partial charge on any atom is 0.138 e. The molecule has 1 aromatic heterocycles. The van der Waals surface area contributed by atoms with Crippen molar-refractivity contribution in [1.29, 1.82) is 0 Å². The van der Waals surface area contributed by atoms with Gasteiger partial charge in [-0.3, -0.25) is 0 Å². The summed E-state index contributed by atoms with van der Waals surface area (Å²) in [5, 5.41) is 3.87. The second kappa shape index (κ2) is 2.38. The van der Waals surface area contributed by atoms with E-state index in [9.17, 15) is 0 Å². The lowest BCUT2D eigenvalue weighted by Gasteiger charge is -1.89. The molecule has 0 aliphatic heterocycles. The molecule has 2 rings (SSSR count). The summed E-state index contributed by atoms with van der Waals surface area (Å²) in [7, 11) is 0. The van der Waals surface area contributed by atoms with Gasteiger partial charge >= 0.3 is 0 Å². The first-order valence-corrected chi connectivity index (χ1v) is 4.24. The van der Waals surface area contributed by atoms with Crippen LogP contribution >= 0.6 is 15.9 Å². The lowest BCUT2D eigenvalue weighted by Crippen LogP contribution is -1.86. The van der Waals surface area contributed by atoms with Gasteiger partial charge in [0, 0.05) is 0 Å². The van der Waals surface area contributed by atoms with E-state index in [0.717, 1.165) is 22.5 Å². The molecule has 0 aromatic carbocycles. The largest absolute Gasteiger partial charge is 0.363 e. The van der Waals surface area contributed by atoms with Crippen molar-refractivity contribution in [2.75, 3.05) is 0 Å². The predicted molar refractivity (Wildman–Crippen MR) is 40.6 cm³/mol. The van der Waals surface area contributed by atoms with Crippen LogP contribution in [0, 0.1) is 5.92 Å². The Morgan fingerprint density at radius 1 is 1.70 bits per heavy atom. The standard InChI is InChI=1S/C7H8BrNO/c8-6-4-10-9-7(6)3-5-1-2-5/h4-5H,1-3H2. The van der Waals surface area contributed by atoms with Crippen LogP contribution in [0.15, 0.2) is 15.3 Å². The van der Waals surface area contributed by atoms with E-state index >= 15 is 0 Å². The Kier molecular flexibility index (Phi) is 1.52. The fourth-order valence-electron chi connectivity index (χ4n) is 0.978. The minimum atomic E-state index is 0.876. The van der Waals surface area contributed by atoms with Crippen LogP contribution in [0.4, 0.5) is 0 Å². The molecule has 0 N–H and O–H groups in total. The quantitative estimate of drug-likeness (QED) is 0.735. The first-order valence-electron chi connectivity index (χ1n) is 3.45. The number of hydrogen-bond acceptors (Lipinski definition) is 2. The van der Waals surface area contributed by atoms with Gasteiger partial charge in [-0.05, 0) is 41.1 Å². The summed E-state index contributed by atoms with van der Waals surface area (Å²) in [5.74, 6) is 0.876. The molecule has 0 bridgehead atoms. The van der Waals surface area contributed by atoms with Crippen molar-refractivity contribution in [3.63, 3.8) is 0 Å². The second-order valence-electron chi connectivity index (χ2n) is 2.76. The molecule has 1 saturated carbocycles. The SMILES string of the molecule is Brc1conc1CC1CC1. The van der Waals surface area contributed by atoms with Gasteiger partial charge in [0.25, 0.3) is 0 Å². The molecular formula is C7H8BrNO. The molecule has 0 saturated heterocycles. The summed E-state index contributed by atoms with van der Waals surface area (Å²) in [5.41, 5.74) is 1.07. The molecule has 1 aliphatic carbocycles. The lowest BCUT2D eigenvalue weighted by molar-refractivity contribution is 0.410. The van der Waals surface area contributed by atoms with Crippen molar-refractivity contribution >= 4 is 15.9 Å². The van der Waals surface area contributed by atoms with Gasteiger partial charge in [-0.25, -0.2) is 0 Å². The summed E-state index contributed by atoms with van der Waals surface area (Å²) < 4.78 is 5.79. The van der Waals surface area contributed by atoms with Crippen molar-refractivity contribution in [3.05, 3.63) is 16.4 Å². The molecule has 1 fully saturated rings. The highest BCUT2D eigenvalue weighted by Gasteiger charge is 2.23. The lowest BCUT2D eigenvalue weighted by atomic mass is 10.2. The first-order chi connectivity index (χ1) is 4.86. The van der Waals surface area contributed by atoms with Gasteiger partial charge in [0.1, 0.15) is 6.26 Å². The maximum absolute atomic E-state index is 4.78. The van der Waals surface area contributed by atoms with Crippen LogP contribution in [0.2, 0.25) is 0 Å². The fourth-order valence-corrected chi connectivity index (χ4v) is 1.30. The van der Waals surface area contributed by atoms with Gasteiger partial charge in [-0.15, -0.1) is 0 Å². The smallest absolute Gasteiger partial charge is 0.138 e. The van der Waals surface area contributed by atoms with Gasteiger partial charge in [-0.2, -0.15) is 0 Å². The number of halogens is 1. The van der Waals surface area contributed by atoms with Gasteiger partial charge < -0.3 is 4.52 Å². The Morgan fingerprint density at radius 3 is 3.00 bits per heavy atom. The fraction of sp³-hybridized carbons (Fsp3) is 0.571. The van der Waals surface area contributed by atoms with E-state index in [2.05, 4.69) is 21.1 Å². The first kappa shape index (κ1) is 6.40. The minimum absolute atomic E-state index is 0.876. The third-order valence-corrected chi connectivity index (χ3v) is 2.42. The number of nitrogens with zero attached hydrogens (tertiary/aromatic N) is 1. The van der Waals surface area contributed by atoms with E-state index in [1.54, 1.807) is 6.26 Å². The molecule has 0 amide bonds. The Hall–Kier alpha value is -0.310. The van der Waals surface area contributed by atoms with Gasteiger partial charge in [0.05, 0.1) is 10.2 Å². The Labute approximate surface area is 67.7 Å². The molecule has 54 valence electrons. The number of rotatable bonds is 2. The highest BCUT2D eigenvalue weighted by molar-refractivity contribution is 9.10. The molecule has 0 spiro atoms. The van der Waals surface area contributed by atoms with Crippen molar-refractivity contribution < 1.29 is 4.52 Å². The Balaban J connectivity index is 2.08. The molecule has 0 radical (unpaired) electrons. The highest BCUT2D eigenvalue weighted by atomic mass is 79.9. The summed E-state index contributed by atoms with van der Waals surface area (Å²) in [4.78, 5) is 0. The second-order valence-corrected chi connectivity index (χ2v) is 3.61. The van der Waals surface area contributed by atoms with Crippen molar-refractivity contribution in [1.82, 2.24) is 5.16 Å². The van der Waals surface area contributed by atoms with E-state index in [4.69, 9.17) is 4.52 Å². The molecule has 3 heteroatoms. The topological polar surface area (TPSA) is 26.0 Å². The average molecular weight is 202 g/mol. The summed E-state index contributed by atoms with van der Waals surface area (Å²) in [6.07, 6.45) is 5.44. The van der Waals surface area contributed by atoms with Crippen LogP contribution in [0.5, 0.6) is 0 Å². The molecule has 10 heavy (non-hydrogen) atoms. The molecule has 1 heterocycles. The van der Waals surface area contributed by atoms with Crippen LogP contribution in [-0.4, -0.2) is 5.16 Å². The van der Waals surface area contributed by atoms with Crippen LogP contribution in [-0.2, 0) is 6.42 Å². The summed E-state index contributed by atoms with van der Waals surface area (Å²) in [6, 6.07) is 0. The summed E-state index contributed by atoms with van der Waals surface area (Å²) >= 11 is 3.37. The van der Waals surface area contributed by atoms with Crippen LogP contribution in [0.3, 0.4) is 0 Å². The zero-order chi connectivity index (χ0) is 6.97. The van der Waals surface area contributed by atoms with E-state index in [0.29, 0.717) is 0 Å². The third-order valence-electron chi connectivity index (χ3n) is 1.77. The van der Waals surface area contributed by atoms with E-state index in [1.807, 2.05) is 0 Å². The third kappa shape index (κ3) is 1.24. The molecule has 0 unspecified atom stereocenters. The Bertz CT molecular complexity index is 229. The molecule has 1 aromatic rings. The number of hydrogen-bond donors (Lipinski definition) is 0. The van der Waals surface area contributed by atoms with Crippen molar-refractivity contribution in [2.24, 2.45) is 5.92 Å². The predicted octanol–water partition coefficient (Wildman–Crippen LogP) is 2.39. The zero-order valence-corrected chi connectivity index (χ0v) is 7.10. The van der Waals surface area contributed by atoms with Crippen LogP contribution in [0.25, 0.3) is 0 Å². The summed E-state index contributed by atoms with van der Waals surface area (Å²) in [6.45, 7) is 0. The van der Waals surface area contributed by atoms with Crippen molar-refractivity contribution in [3.8, 4) is 0 Å². The minimum Gasteiger partial charge on any atom is -0.363 e. The maximum atomic E-state index is 4.78. The van der Waals surface area contributed by atoms with Crippen LogP contribution < -0.4 is 0 Å². The van der Waals surface area contributed by atoms with Gasteiger partial charge in [0.2, 0.25) is 0 Å². The Morgan fingerprint density at radius 2 is 2.50 bits per heavy atom. The molecule has 0 atom stereocenters. The molecule has 1 aliphatic rings. The van der Waals surface area contributed by atoms with Gasteiger partial charge in [-0.1, -0.05) is 5.16 Å². The van der Waals surface area contributed by atoms with E-state index in [-0.39, 0.29) is 0 Å². The zero-order valence-electron chi connectivity index (χ0n) is 5.51.